The maximum absolute atomic E-state index is 11.0. The molecule has 0 aliphatic carbocycles. The van der Waals surface area contributed by atoms with E-state index in [0.29, 0.717) is 0 Å². The molecule has 0 aliphatic rings. The molecule has 0 saturated carbocycles. The summed E-state index contributed by atoms with van der Waals surface area (Å²) in [5.74, 6) is -2.17. The van der Waals surface area contributed by atoms with Crippen LogP contribution in [0.5, 0.6) is 0 Å². The Balaban J connectivity index is 2.60. The fraction of sp³-hybridized carbons (Fsp3) is 0.500. The molecule has 0 aliphatic heterocycles. The van der Waals surface area contributed by atoms with Gasteiger partial charge in [-0.05, 0) is 36.6 Å². The number of hydrogen-bond donors (Lipinski definition) is 2. The normalized spacial score (nSPS) is 10.4. The molecule has 1 aromatic carbocycles. The maximum Gasteiger partial charge on any atom is 0.335 e. The zero-order valence-electron chi connectivity index (χ0n) is 11.9. The van der Waals surface area contributed by atoms with E-state index in [9.17, 15) is 9.59 Å². The lowest BCUT2D eigenvalue weighted by molar-refractivity contribution is 0.0696. The molecule has 2 N–H and O–H groups in total. The van der Waals surface area contributed by atoms with E-state index in [1.165, 1.54) is 31.7 Å². The van der Waals surface area contributed by atoms with Crippen molar-refractivity contribution in [3.63, 3.8) is 0 Å². The number of rotatable bonds is 9. The summed E-state index contributed by atoms with van der Waals surface area (Å²) in [7, 11) is 0. The number of carboxylic acid groups (broad SMARTS) is 2. The molecular weight excluding hydrogens is 256 g/mol. The second-order valence-electron chi connectivity index (χ2n) is 5.05. The van der Waals surface area contributed by atoms with Gasteiger partial charge < -0.3 is 10.2 Å². The van der Waals surface area contributed by atoms with Gasteiger partial charge in [0, 0.05) is 0 Å². The Hall–Kier alpha value is -1.84. The number of unbranched alkanes of at least 4 members (excludes halogenated alkanes) is 5. The molecule has 1 rings (SSSR count). The molecule has 0 aromatic heterocycles. The van der Waals surface area contributed by atoms with Gasteiger partial charge >= 0.3 is 11.9 Å². The summed E-state index contributed by atoms with van der Waals surface area (Å²) in [5.41, 5.74) is 0.884. The van der Waals surface area contributed by atoms with Crippen LogP contribution in [0.1, 0.15) is 71.7 Å². The highest BCUT2D eigenvalue weighted by molar-refractivity contribution is 5.94. The maximum atomic E-state index is 11.0. The average molecular weight is 278 g/mol. The summed E-state index contributed by atoms with van der Waals surface area (Å²) in [5, 5.41) is 18.0. The van der Waals surface area contributed by atoms with E-state index in [-0.39, 0.29) is 11.1 Å². The number of carbonyl (C=O) groups is 2. The minimum atomic E-state index is -1.09. The summed E-state index contributed by atoms with van der Waals surface area (Å²) in [4.78, 5) is 22.0. The van der Waals surface area contributed by atoms with Gasteiger partial charge in [0.15, 0.2) is 0 Å². The Labute approximate surface area is 119 Å². The van der Waals surface area contributed by atoms with Crippen LogP contribution in [-0.2, 0) is 6.42 Å². The molecule has 4 heteroatoms. The van der Waals surface area contributed by atoms with Gasteiger partial charge in [0.2, 0.25) is 0 Å². The van der Waals surface area contributed by atoms with Gasteiger partial charge in [-0.25, -0.2) is 9.59 Å². The third-order valence-corrected chi connectivity index (χ3v) is 3.31. The number of aryl methyl sites for hydroxylation is 1. The number of aromatic carboxylic acids is 2. The Bertz CT molecular complexity index is 433. The molecule has 20 heavy (non-hydrogen) atoms. The van der Waals surface area contributed by atoms with Gasteiger partial charge in [0.1, 0.15) is 0 Å². The number of hydrogen-bond acceptors (Lipinski definition) is 2. The van der Waals surface area contributed by atoms with Gasteiger partial charge in [-0.2, -0.15) is 0 Å². The summed E-state index contributed by atoms with van der Waals surface area (Å²) in [6.07, 6.45) is 7.66. The van der Waals surface area contributed by atoms with Gasteiger partial charge in [0.25, 0.3) is 0 Å². The monoisotopic (exact) mass is 278 g/mol. The zero-order valence-corrected chi connectivity index (χ0v) is 11.9. The quantitative estimate of drug-likeness (QED) is 0.670. The minimum absolute atomic E-state index is 0.0471. The van der Waals surface area contributed by atoms with Crippen LogP contribution in [0.2, 0.25) is 0 Å². The fourth-order valence-corrected chi connectivity index (χ4v) is 2.19. The molecule has 4 nitrogen and oxygen atoms in total. The predicted molar refractivity (Wildman–Crippen MR) is 77.4 cm³/mol. The second-order valence-corrected chi connectivity index (χ2v) is 5.05. The first-order valence-corrected chi connectivity index (χ1v) is 7.15. The van der Waals surface area contributed by atoms with Crippen LogP contribution < -0.4 is 0 Å². The molecule has 0 heterocycles. The third kappa shape index (κ3) is 5.43. The molecule has 110 valence electrons. The van der Waals surface area contributed by atoms with Gasteiger partial charge in [-0.1, -0.05) is 39.0 Å². The van der Waals surface area contributed by atoms with Crippen LogP contribution in [0, 0.1) is 0 Å². The van der Waals surface area contributed by atoms with Crippen LogP contribution in [0.4, 0.5) is 0 Å². The average Bonchev–Trinajstić information content (AvgIpc) is 2.42. The molecule has 0 saturated heterocycles. The van der Waals surface area contributed by atoms with Crippen molar-refractivity contribution >= 4 is 11.9 Å². The fourth-order valence-electron chi connectivity index (χ4n) is 2.19. The van der Waals surface area contributed by atoms with Crippen molar-refractivity contribution in [2.24, 2.45) is 0 Å². The summed E-state index contributed by atoms with van der Waals surface area (Å²) < 4.78 is 0. The van der Waals surface area contributed by atoms with E-state index in [1.54, 1.807) is 12.1 Å². The van der Waals surface area contributed by atoms with Crippen molar-refractivity contribution in [3.05, 3.63) is 34.9 Å². The van der Waals surface area contributed by atoms with Crippen LogP contribution in [0.15, 0.2) is 18.2 Å². The van der Waals surface area contributed by atoms with E-state index < -0.39 is 11.9 Å². The number of benzene rings is 1. The molecule has 0 bridgehead atoms. The first kappa shape index (κ1) is 16.2. The first-order chi connectivity index (χ1) is 9.54. The lowest BCUT2D eigenvalue weighted by atomic mass is 10.0. The Morgan fingerprint density at radius 2 is 1.35 bits per heavy atom. The summed E-state index contributed by atoms with van der Waals surface area (Å²) in [6, 6.07) is 4.34. The van der Waals surface area contributed by atoms with Crippen molar-refractivity contribution in [2.75, 3.05) is 0 Å². The van der Waals surface area contributed by atoms with E-state index in [1.807, 2.05) is 0 Å². The smallest absolute Gasteiger partial charge is 0.335 e. The SMILES string of the molecule is CCCCCCCCc1cc(C(=O)O)cc(C(=O)O)c1. The molecule has 0 radical (unpaired) electrons. The standard InChI is InChI=1S/C16H22O4/c1-2-3-4-5-6-7-8-12-9-13(15(17)18)11-14(10-12)16(19)20/h9-11H,2-8H2,1H3,(H,17,18)(H,19,20). The van der Waals surface area contributed by atoms with E-state index in [2.05, 4.69) is 6.92 Å². The van der Waals surface area contributed by atoms with E-state index >= 15 is 0 Å². The highest BCUT2D eigenvalue weighted by Gasteiger charge is 2.11. The Morgan fingerprint density at radius 3 is 1.85 bits per heavy atom. The number of carboxylic acids is 2. The van der Waals surface area contributed by atoms with Gasteiger partial charge in [-0.3, -0.25) is 0 Å². The van der Waals surface area contributed by atoms with E-state index in [0.717, 1.165) is 24.8 Å². The largest absolute Gasteiger partial charge is 0.478 e. The highest BCUT2D eigenvalue weighted by Crippen LogP contribution is 2.15. The van der Waals surface area contributed by atoms with Crippen molar-refractivity contribution in [1.29, 1.82) is 0 Å². The predicted octanol–water partition coefficient (Wildman–Crippen LogP) is 3.99. The van der Waals surface area contributed by atoms with Crippen LogP contribution in [0.3, 0.4) is 0 Å². The molecular formula is C16H22O4. The highest BCUT2D eigenvalue weighted by atomic mass is 16.4. The van der Waals surface area contributed by atoms with Crippen LogP contribution in [0.25, 0.3) is 0 Å². The van der Waals surface area contributed by atoms with Gasteiger partial charge in [0.05, 0.1) is 11.1 Å². The Kier molecular flexibility index (Phi) is 6.77. The zero-order chi connectivity index (χ0) is 15.0. The third-order valence-electron chi connectivity index (χ3n) is 3.31. The summed E-state index contributed by atoms with van der Waals surface area (Å²) >= 11 is 0. The Morgan fingerprint density at radius 1 is 0.850 bits per heavy atom. The summed E-state index contributed by atoms with van der Waals surface area (Å²) in [6.45, 7) is 2.17. The van der Waals surface area contributed by atoms with Crippen LogP contribution >= 0.6 is 0 Å². The topological polar surface area (TPSA) is 74.6 Å². The lowest BCUT2D eigenvalue weighted by Gasteiger charge is -2.05. The second kappa shape index (κ2) is 8.35. The van der Waals surface area contributed by atoms with Crippen molar-refractivity contribution in [3.8, 4) is 0 Å². The van der Waals surface area contributed by atoms with Gasteiger partial charge in [-0.15, -0.1) is 0 Å². The van der Waals surface area contributed by atoms with Crippen LogP contribution in [-0.4, -0.2) is 22.2 Å². The first-order valence-electron chi connectivity index (χ1n) is 7.15. The van der Waals surface area contributed by atoms with Crippen molar-refractivity contribution < 1.29 is 19.8 Å². The molecule has 0 fully saturated rings. The lowest BCUT2D eigenvalue weighted by Crippen LogP contribution is -2.04. The van der Waals surface area contributed by atoms with Crippen molar-refractivity contribution in [1.82, 2.24) is 0 Å². The molecule has 0 amide bonds. The minimum Gasteiger partial charge on any atom is -0.478 e. The van der Waals surface area contributed by atoms with Crippen molar-refractivity contribution in [2.45, 2.75) is 51.9 Å². The molecule has 0 spiro atoms. The molecule has 0 atom stereocenters. The molecule has 0 unspecified atom stereocenters. The molecule has 1 aromatic rings. The van der Waals surface area contributed by atoms with E-state index in [4.69, 9.17) is 10.2 Å².